The zero-order valence-corrected chi connectivity index (χ0v) is 10.4. The number of carbonyl (C=O) groups is 1. The van der Waals surface area contributed by atoms with E-state index in [-0.39, 0.29) is 11.1 Å². The molecule has 2 aromatic rings. The number of alkyl halides is 2. The molecule has 0 bridgehead atoms. The van der Waals surface area contributed by atoms with E-state index in [4.69, 9.17) is 0 Å². The minimum absolute atomic E-state index is 0.0471. The maximum Gasteiger partial charge on any atom is 0.348 e. The van der Waals surface area contributed by atoms with Gasteiger partial charge in [0, 0.05) is 11.1 Å². The Hall–Kier alpha value is -2.11. The topological polar surface area (TPSA) is 46.5 Å². The highest BCUT2D eigenvalue weighted by Crippen LogP contribution is 2.29. The van der Waals surface area contributed by atoms with Gasteiger partial charge in [0.25, 0.3) is 5.79 Å². The Bertz CT molecular complexity index is 572. The summed E-state index contributed by atoms with van der Waals surface area (Å²) in [5.74, 6) is -3.65. The van der Waals surface area contributed by atoms with Gasteiger partial charge in [-0.3, -0.25) is 9.53 Å². The first-order chi connectivity index (χ1) is 9.54. The van der Waals surface area contributed by atoms with E-state index in [9.17, 15) is 18.7 Å². The van der Waals surface area contributed by atoms with Crippen LogP contribution in [0.4, 0.5) is 8.78 Å². The molecule has 0 heterocycles. The van der Waals surface area contributed by atoms with Crippen LogP contribution in [0.3, 0.4) is 0 Å². The Morgan fingerprint density at radius 2 is 1.50 bits per heavy atom. The smallest absolute Gasteiger partial charge is 0.348 e. The van der Waals surface area contributed by atoms with Crippen LogP contribution in [0.1, 0.15) is 15.9 Å². The number of aliphatic hydroxyl groups is 1. The molecular weight excluding hydrogens is 266 g/mol. The zero-order chi connectivity index (χ0) is 14.6. The molecule has 0 aliphatic heterocycles. The fourth-order valence-electron chi connectivity index (χ4n) is 1.83. The molecule has 0 saturated carbocycles. The van der Waals surface area contributed by atoms with Crippen molar-refractivity contribution in [2.75, 3.05) is 0 Å². The molecule has 0 aromatic heterocycles. The molecule has 0 amide bonds. The highest BCUT2D eigenvalue weighted by Gasteiger charge is 2.42. The first-order valence-corrected chi connectivity index (χ1v) is 5.88. The molecule has 1 unspecified atom stereocenters. The van der Waals surface area contributed by atoms with Gasteiger partial charge in [-0.1, -0.05) is 60.7 Å². The largest absolute Gasteiger partial charge is 0.355 e. The van der Waals surface area contributed by atoms with Crippen LogP contribution in [0, 0.1) is 0 Å². The average molecular weight is 278 g/mol. The van der Waals surface area contributed by atoms with Gasteiger partial charge < -0.3 is 5.11 Å². The van der Waals surface area contributed by atoms with E-state index in [0.29, 0.717) is 0 Å². The lowest BCUT2D eigenvalue weighted by Gasteiger charge is -2.26. The first kappa shape index (κ1) is 14.3. The van der Waals surface area contributed by atoms with Crippen LogP contribution in [0.2, 0.25) is 0 Å². The summed E-state index contributed by atoms with van der Waals surface area (Å²) in [4.78, 5) is 12.3. The van der Waals surface area contributed by atoms with Crippen molar-refractivity contribution in [3.8, 4) is 0 Å². The quantitative estimate of drug-likeness (QED) is 0.675. The second-order valence-electron chi connectivity index (χ2n) is 4.08. The van der Waals surface area contributed by atoms with E-state index in [1.807, 2.05) is 0 Å². The van der Waals surface area contributed by atoms with Crippen molar-refractivity contribution < 1.29 is 23.4 Å². The van der Waals surface area contributed by atoms with Crippen molar-refractivity contribution in [3.05, 3.63) is 71.8 Å². The molecule has 0 saturated heterocycles. The second-order valence-corrected chi connectivity index (χ2v) is 4.08. The van der Waals surface area contributed by atoms with Crippen molar-refractivity contribution in [2.45, 2.75) is 12.4 Å². The van der Waals surface area contributed by atoms with Crippen molar-refractivity contribution in [1.29, 1.82) is 0 Å². The van der Waals surface area contributed by atoms with E-state index in [2.05, 4.69) is 4.74 Å². The van der Waals surface area contributed by atoms with Gasteiger partial charge in [0.1, 0.15) is 0 Å². The minimum Gasteiger partial charge on any atom is -0.355 e. The molecule has 2 rings (SSSR count). The molecule has 20 heavy (non-hydrogen) atoms. The summed E-state index contributed by atoms with van der Waals surface area (Å²) in [5.41, 5.74) is 0.0358. The number of hydrogen-bond donors (Lipinski definition) is 1. The lowest BCUT2D eigenvalue weighted by Crippen LogP contribution is -2.40. The fraction of sp³-hybridized carbons (Fsp3) is 0.133. The third-order valence-electron chi connectivity index (χ3n) is 2.77. The van der Waals surface area contributed by atoms with Gasteiger partial charge in [-0.15, -0.1) is 0 Å². The molecule has 0 spiro atoms. The van der Waals surface area contributed by atoms with Crippen LogP contribution in [-0.4, -0.2) is 17.5 Å². The molecule has 1 atom stereocenters. The van der Waals surface area contributed by atoms with Crippen LogP contribution in [0.25, 0.3) is 0 Å². The Kier molecular flexibility index (Phi) is 4.22. The molecule has 0 aliphatic rings. The Balaban J connectivity index is 2.45. The summed E-state index contributed by atoms with van der Waals surface area (Å²) in [6, 6.07) is 15.0. The number of carbonyl (C=O) groups excluding carboxylic acids is 1. The Morgan fingerprint density at radius 1 is 1.00 bits per heavy atom. The Morgan fingerprint density at radius 3 is 2.00 bits per heavy atom. The molecule has 1 N–H and O–H groups in total. The SMILES string of the molecule is O=C(c1ccccc1)C(O)(OC(F)F)c1ccccc1. The van der Waals surface area contributed by atoms with Crippen LogP contribution in [0.15, 0.2) is 60.7 Å². The van der Waals surface area contributed by atoms with Crippen LogP contribution in [0.5, 0.6) is 0 Å². The van der Waals surface area contributed by atoms with Crippen LogP contribution >= 0.6 is 0 Å². The van der Waals surface area contributed by atoms with E-state index in [1.54, 1.807) is 24.3 Å². The average Bonchev–Trinajstić information content (AvgIpc) is 2.47. The zero-order valence-electron chi connectivity index (χ0n) is 10.4. The third kappa shape index (κ3) is 2.89. The van der Waals surface area contributed by atoms with Gasteiger partial charge in [0.05, 0.1) is 0 Å². The fourth-order valence-corrected chi connectivity index (χ4v) is 1.83. The van der Waals surface area contributed by atoms with E-state index in [0.717, 1.165) is 0 Å². The maximum atomic E-state index is 12.6. The molecule has 3 nitrogen and oxygen atoms in total. The summed E-state index contributed by atoms with van der Waals surface area (Å²) in [6.07, 6.45) is 0. The highest BCUT2D eigenvalue weighted by atomic mass is 19.3. The van der Waals surface area contributed by atoms with Gasteiger partial charge in [-0.2, -0.15) is 8.78 Å². The third-order valence-corrected chi connectivity index (χ3v) is 2.77. The van der Waals surface area contributed by atoms with Crippen molar-refractivity contribution in [3.63, 3.8) is 0 Å². The van der Waals surface area contributed by atoms with E-state index < -0.39 is 18.2 Å². The first-order valence-electron chi connectivity index (χ1n) is 5.88. The van der Waals surface area contributed by atoms with Crippen LogP contribution in [-0.2, 0) is 10.5 Å². The van der Waals surface area contributed by atoms with Gasteiger partial charge >= 0.3 is 6.61 Å². The van der Waals surface area contributed by atoms with Gasteiger partial charge in [0.15, 0.2) is 0 Å². The Labute approximate surface area is 114 Å². The maximum absolute atomic E-state index is 12.6. The minimum atomic E-state index is -3.28. The number of halogens is 2. The lowest BCUT2D eigenvalue weighted by molar-refractivity contribution is -0.273. The summed E-state index contributed by atoms with van der Waals surface area (Å²) in [7, 11) is 0. The molecule has 0 radical (unpaired) electrons. The van der Waals surface area contributed by atoms with Gasteiger partial charge in [-0.05, 0) is 0 Å². The summed E-state index contributed by atoms with van der Waals surface area (Å²) in [6.45, 7) is -3.28. The van der Waals surface area contributed by atoms with Gasteiger partial charge in [0.2, 0.25) is 5.78 Å². The predicted molar refractivity (Wildman–Crippen MR) is 68.2 cm³/mol. The normalized spacial score (nSPS) is 14.0. The predicted octanol–water partition coefficient (Wildman–Crippen LogP) is 2.95. The van der Waals surface area contributed by atoms with E-state index >= 15 is 0 Å². The molecule has 5 heteroatoms. The van der Waals surface area contributed by atoms with Crippen molar-refractivity contribution >= 4 is 5.78 Å². The van der Waals surface area contributed by atoms with E-state index in [1.165, 1.54) is 36.4 Å². The lowest BCUT2D eigenvalue weighted by atomic mass is 9.96. The molecule has 104 valence electrons. The summed E-state index contributed by atoms with van der Waals surface area (Å²) < 4.78 is 29.3. The van der Waals surface area contributed by atoms with Crippen molar-refractivity contribution in [1.82, 2.24) is 0 Å². The number of ether oxygens (including phenoxy) is 1. The summed E-state index contributed by atoms with van der Waals surface area (Å²) in [5, 5.41) is 10.3. The van der Waals surface area contributed by atoms with Gasteiger partial charge in [-0.25, -0.2) is 0 Å². The monoisotopic (exact) mass is 278 g/mol. The summed E-state index contributed by atoms with van der Waals surface area (Å²) >= 11 is 0. The molecular formula is C15H12F2O3. The van der Waals surface area contributed by atoms with Crippen LogP contribution < -0.4 is 0 Å². The van der Waals surface area contributed by atoms with Crippen molar-refractivity contribution in [2.24, 2.45) is 0 Å². The number of ketones is 1. The molecule has 0 fully saturated rings. The molecule has 0 aliphatic carbocycles. The molecule has 2 aromatic carbocycles. The number of Topliss-reactive ketones (excluding diaryl/α,β-unsaturated/α-hetero) is 1. The number of rotatable bonds is 5. The number of benzene rings is 2. The number of hydrogen-bond acceptors (Lipinski definition) is 3. The highest BCUT2D eigenvalue weighted by molar-refractivity contribution is 6.01. The second kappa shape index (κ2) is 5.90. The standard InChI is InChI=1S/C15H12F2O3/c16-14(17)20-15(19,12-9-5-2-6-10-12)13(18)11-7-3-1-4-8-11/h1-10,14,19H.